The van der Waals surface area contributed by atoms with Gasteiger partial charge in [0.25, 0.3) is 0 Å². The van der Waals surface area contributed by atoms with Crippen LogP contribution in [-0.4, -0.2) is 219 Å². The third-order valence-corrected chi connectivity index (χ3v) is 18.4. The number of fused-ring (bicyclic) bond motifs is 1. The molecule has 37 heteroatoms. The number of carbonyl (C=O) groups is 14. The van der Waals surface area contributed by atoms with Gasteiger partial charge in [-0.15, -0.1) is 0 Å². The van der Waals surface area contributed by atoms with Crippen LogP contribution in [0.25, 0.3) is 10.9 Å². The van der Waals surface area contributed by atoms with Gasteiger partial charge in [-0.1, -0.05) is 103 Å². The minimum atomic E-state index is -1.90. The number of hydrogen-bond donors (Lipinski definition) is 22. The Kier molecular flexibility index (Phi) is 38.1. The molecule has 0 unspecified atom stereocenters. The van der Waals surface area contributed by atoms with Crippen molar-refractivity contribution < 1.29 is 82.4 Å². The molecule has 0 aliphatic rings. The number of unbranched alkanes of at least 4 members (excludes halogenated alkanes) is 2. The molecular weight excluding hydrogens is 1490 g/mol. The van der Waals surface area contributed by atoms with E-state index in [4.69, 9.17) is 34.5 Å². The van der Waals surface area contributed by atoms with Crippen LogP contribution >= 0.6 is 36.9 Å². The number of carbonyl (C=O) groups excluding carboxylic acids is 14. The lowest BCUT2D eigenvalue weighted by Gasteiger charge is -2.29. The number of thiol groups is 2. The van der Waals surface area contributed by atoms with E-state index in [2.05, 4.69) is 94.0 Å². The van der Waals surface area contributed by atoms with Crippen molar-refractivity contribution in [2.75, 3.05) is 31.2 Å². The van der Waals surface area contributed by atoms with E-state index >= 15 is 14.4 Å². The number of aliphatic hydroxyl groups excluding tert-OH is 3. The van der Waals surface area contributed by atoms with Crippen LogP contribution in [0.3, 0.4) is 0 Å². The van der Waals surface area contributed by atoms with Crippen LogP contribution < -0.4 is 86.7 Å². The van der Waals surface area contributed by atoms with E-state index < -0.39 is 180 Å². The third-order valence-electron chi connectivity index (χ3n) is 17.4. The van der Waals surface area contributed by atoms with E-state index in [1.165, 1.54) is 19.1 Å². The van der Waals surface area contributed by atoms with Crippen molar-refractivity contribution in [1.82, 2.24) is 68.8 Å². The first-order valence-electron chi connectivity index (χ1n) is 35.6. The SMILES string of the molecule is CC(=O)N[C@@H](CS)C(=O)N[C@@H](CCCCN)C(=O)N[C@@H](CC(N)=O)C(=O)N[C@@H](Cc1ccc(Cl)cc1)C(=O)N[C@@H](Cc1ccccc1)C(=O)N[C@H](Cc1c[nH]c2ccccc12)C(=O)N[C@@H](CCCCN)C(=O)N[C@H](C(=O)N[C@@H](Cc1ccccc1)C(=O)N[C@H](C(=O)N[C@@H](CO)C(=O)N[C@H](CS)C(N)=O)[C@@H](C)O)[C@@H](C)O. The van der Waals surface area contributed by atoms with Crippen LogP contribution in [0.5, 0.6) is 0 Å². The topological polar surface area (TPSA) is 564 Å². The number of nitrogens with two attached hydrogens (primary N) is 4. The molecule has 598 valence electrons. The molecule has 0 aliphatic heterocycles. The molecule has 0 spiro atoms. The van der Waals surface area contributed by atoms with Gasteiger partial charge in [-0.3, -0.25) is 67.1 Å². The van der Waals surface area contributed by atoms with E-state index in [1.807, 2.05) is 0 Å². The van der Waals surface area contributed by atoms with Gasteiger partial charge < -0.3 is 107 Å². The molecule has 5 rings (SSSR count). The van der Waals surface area contributed by atoms with Crippen LogP contribution in [0.1, 0.15) is 88.0 Å². The second-order valence-corrected chi connectivity index (χ2v) is 27.4. The number of primary amides is 2. The summed E-state index contributed by atoms with van der Waals surface area (Å²) < 4.78 is 0. The van der Waals surface area contributed by atoms with Gasteiger partial charge in [0.1, 0.15) is 72.5 Å². The Bertz CT molecular complexity index is 3940. The number of halogens is 1. The Morgan fingerprint density at radius 3 is 1.20 bits per heavy atom. The van der Waals surface area contributed by atoms with Crippen molar-refractivity contribution >= 4 is 130 Å². The summed E-state index contributed by atoms with van der Waals surface area (Å²) in [5.74, 6) is -14.3. The second-order valence-electron chi connectivity index (χ2n) is 26.2. The average Bonchev–Trinajstić information content (AvgIpc) is 1.63. The summed E-state index contributed by atoms with van der Waals surface area (Å²) in [7, 11) is 0. The van der Waals surface area contributed by atoms with Crippen LogP contribution in [0, 0.1) is 0 Å². The van der Waals surface area contributed by atoms with Gasteiger partial charge in [0, 0.05) is 66.2 Å². The lowest BCUT2D eigenvalue weighted by molar-refractivity contribution is -0.138. The van der Waals surface area contributed by atoms with Crippen LogP contribution in [0.4, 0.5) is 0 Å². The molecule has 5 aromatic rings. The number of nitrogens with one attached hydrogen (secondary N) is 13. The van der Waals surface area contributed by atoms with Crippen molar-refractivity contribution in [3.8, 4) is 0 Å². The van der Waals surface area contributed by atoms with Crippen molar-refractivity contribution in [3.05, 3.63) is 143 Å². The number of para-hydroxylation sites is 1. The summed E-state index contributed by atoms with van der Waals surface area (Å²) in [5.41, 5.74) is 25.1. The molecule has 1 aromatic heterocycles. The maximum Gasteiger partial charge on any atom is 0.245 e. The number of amides is 14. The Balaban J connectivity index is 1.49. The lowest BCUT2D eigenvalue weighted by atomic mass is 10.00. The molecule has 24 N–H and O–H groups in total. The van der Waals surface area contributed by atoms with Crippen molar-refractivity contribution in [2.45, 2.75) is 176 Å². The van der Waals surface area contributed by atoms with Gasteiger partial charge in [-0.2, -0.15) is 25.3 Å². The van der Waals surface area contributed by atoms with Gasteiger partial charge in [-0.25, -0.2) is 0 Å². The predicted molar refractivity (Wildman–Crippen MR) is 413 cm³/mol. The number of aromatic amines is 1. The number of aromatic nitrogens is 1. The number of hydrogen-bond acceptors (Lipinski definition) is 21. The number of H-pyrrole nitrogens is 1. The molecule has 0 fully saturated rings. The molecule has 0 saturated heterocycles. The summed E-state index contributed by atoms with van der Waals surface area (Å²) in [4.78, 5) is 198. The fourth-order valence-electron chi connectivity index (χ4n) is 11.4. The molecule has 14 atom stereocenters. The quantitative estimate of drug-likeness (QED) is 0.0131. The largest absolute Gasteiger partial charge is 0.394 e. The van der Waals surface area contributed by atoms with Crippen molar-refractivity contribution in [2.24, 2.45) is 22.9 Å². The van der Waals surface area contributed by atoms with E-state index in [0.717, 1.165) is 13.8 Å². The Hall–Kier alpha value is -10.2. The van der Waals surface area contributed by atoms with E-state index in [-0.39, 0.29) is 69.5 Å². The lowest BCUT2D eigenvalue weighted by Crippen LogP contribution is -2.63. The molecule has 1 heterocycles. The van der Waals surface area contributed by atoms with E-state index in [9.17, 15) is 68.1 Å². The van der Waals surface area contributed by atoms with E-state index in [0.29, 0.717) is 57.4 Å². The Morgan fingerprint density at radius 2 is 0.773 bits per heavy atom. The van der Waals surface area contributed by atoms with E-state index in [1.54, 1.807) is 103 Å². The van der Waals surface area contributed by atoms with Crippen LogP contribution in [0.2, 0.25) is 5.02 Å². The maximum absolute atomic E-state index is 15.3. The zero-order valence-corrected chi connectivity index (χ0v) is 63.5. The highest BCUT2D eigenvalue weighted by Gasteiger charge is 2.39. The van der Waals surface area contributed by atoms with Crippen LogP contribution in [0.15, 0.2) is 115 Å². The average molecular weight is 1590 g/mol. The minimum Gasteiger partial charge on any atom is -0.394 e. The van der Waals surface area contributed by atoms with Crippen LogP contribution in [-0.2, 0) is 92.8 Å². The van der Waals surface area contributed by atoms with Crippen molar-refractivity contribution in [1.29, 1.82) is 0 Å². The maximum atomic E-state index is 15.3. The fourth-order valence-corrected chi connectivity index (χ4v) is 12.1. The molecule has 4 aromatic carbocycles. The van der Waals surface area contributed by atoms with Gasteiger partial charge >= 0.3 is 0 Å². The predicted octanol–water partition coefficient (Wildman–Crippen LogP) is -3.84. The Labute approximate surface area is 651 Å². The highest BCUT2D eigenvalue weighted by molar-refractivity contribution is 7.80. The van der Waals surface area contributed by atoms with Gasteiger partial charge in [0.15, 0.2) is 0 Å². The number of rotatable bonds is 47. The van der Waals surface area contributed by atoms with Gasteiger partial charge in [0.05, 0.1) is 25.2 Å². The van der Waals surface area contributed by atoms with Gasteiger partial charge in [-0.05, 0) is 106 Å². The molecule has 110 heavy (non-hydrogen) atoms. The first kappa shape index (κ1) is 90.4. The monoisotopic (exact) mass is 1590 g/mol. The molecule has 0 bridgehead atoms. The summed E-state index contributed by atoms with van der Waals surface area (Å²) in [6.07, 6.45) is -2.73. The summed E-state index contributed by atoms with van der Waals surface area (Å²) >= 11 is 14.4. The molecule has 0 aliphatic carbocycles. The normalized spacial score (nSPS) is 15.0. The first-order chi connectivity index (χ1) is 52.4. The third kappa shape index (κ3) is 29.6. The zero-order valence-electron chi connectivity index (χ0n) is 61.0. The molecule has 0 saturated carbocycles. The highest BCUT2D eigenvalue weighted by Crippen LogP contribution is 2.21. The van der Waals surface area contributed by atoms with Gasteiger partial charge in [0.2, 0.25) is 82.7 Å². The Morgan fingerprint density at radius 1 is 0.418 bits per heavy atom. The summed E-state index contributed by atoms with van der Waals surface area (Å²) in [5, 5.41) is 63.2. The summed E-state index contributed by atoms with van der Waals surface area (Å²) in [6.45, 7) is 2.80. The molecule has 14 amide bonds. The summed E-state index contributed by atoms with van der Waals surface area (Å²) in [6, 6.07) is 10.5. The molecular formula is C73H100ClN17O17S2. The minimum absolute atomic E-state index is 0.0157. The number of aliphatic hydroxyl groups is 3. The zero-order chi connectivity index (χ0) is 81.1. The number of benzene rings is 4. The second kappa shape index (κ2) is 46.3. The smallest absolute Gasteiger partial charge is 0.245 e. The fraction of sp³-hybridized carbons (Fsp3) is 0.452. The molecule has 34 nitrogen and oxygen atoms in total. The highest BCUT2D eigenvalue weighted by atomic mass is 35.5. The molecule has 0 radical (unpaired) electrons. The standard InChI is InChI=1S/C73H100ClN17O17S2/c1-39(93)60(72(107)87-53(31-43-18-8-5-9-19-43)69(104)91-61(40(2)94)73(108)88-56(36-92)70(105)89-57(37-109)62(78)97)90-64(99)50(23-13-15-29-76)81-67(102)54(33-45-35-79-48-21-11-10-20-47(45)48)85-66(101)51(30-42-16-6-4-7-17-42)83-65(100)52(32-44-24-26-46(74)27-25-44)84-68(103)55(34-59(77)96)86-63(98)49(22-12-14-28-75)82-71(106)58(38-110)80-41(3)95/h4-11,16-21,24-27,35,39-40,49-58,60-61,79,92-94,109-110H,12-15,22-23,28-34,36-38,75-76H2,1-3H3,(H2,77,96)(H2,78,97)(H,80,95)(H,81,102)(H,82,106)(H,83,100)(H,84,103)(H,85,101)(H,86,98)(H,87,107)(H,88,108)(H,89,105)(H,90,99)(H,91,104)/t39-,40-,49+,50+,51+,52+,53+,54-,55+,56+,57-,58+,60+,61+/m1/s1. The van der Waals surface area contributed by atoms with Crippen molar-refractivity contribution in [3.63, 3.8) is 0 Å². The first-order valence-corrected chi connectivity index (χ1v) is 37.2.